The van der Waals surface area contributed by atoms with Gasteiger partial charge in [0.25, 0.3) is 5.56 Å². The number of thiophene rings is 1. The standard InChI is InChI=1S/C17H15FN2O3S2/c1-8-11(9-4-6-10(18)7-5-9)12-13(21)19-16(20-14(12)24-8)25-17(2,3)15(22)23/h4-7H,1-3H3,(H,22,23)(H,19,20,21). The number of hydrogen-bond donors (Lipinski definition) is 2. The van der Waals surface area contributed by atoms with Crippen molar-refractivity contribution in [3.8, 4) is 11.1 Å². The van der Waals surface area contributed by atoms with Crippen molar-refractivity contribution in [2.24, 2.45) is 0 Å². The molecule has 2 heterocycles. The summed E-state index contributed by atoms with van der Waals surface area (Å²) in [6.07, 6.45) is 0. The number of benzene rings is 1. The lowest BCUT2D eigenvalue weighted by atomic mass is 10.0. The molecule has 0 aliphatic carbocycles. The minimum atomic E-state index is -1.12. The predicted octanol–water partition coefficient (Wildman–Crippen LogP) is 4.05. The summed E-state index contributed by atoms with van der Waals surface area (Å²) in [6, 6.07) is 5.94. The van der Waals surface area contributed by atoms with E-state index in [0.717, 1.165) is 27.8 Å². The number of aryl methyl sites for hydroxylation is 1. The van der Waals surface area contributed by atoms with Gasteiger partial charge < -0.3 is 10.1 Å². The van der Waals surface area contributed by atoms with Crippen LogP contribution in [0, 0.1) is 12.7 Å². The summed E-state index contributed by atoms with van der Waals surface area (Å²) in [4.78, 5) is 32.4. The lowest BCUT2D eigenvalue weighted by molar-refractivity contribution is -0.138. The second-order valence-electron chi connectivity index (χ2n) is 6.01. The number of rotatable bonds is 4. The molecule has 8 heteroatoms. The van der Waals surface area contributed by atoms with E-state index in [4.69, 9.17) is 0 Å². The topological polar surface area (TPSA) is 83.0 Å². The van der Waals surface area contributed by atoms with Gasteiger partial charge in [0, 0.05) is 10.4 Å². The molecule has 2 aromatic heterocycles. The number of thioether (sulfide) groups is 1. The first-order valence-corrected chi connectivity index (χ1v) is 9.04. The molecule has 0 atom stereocenters. The minimum Gasteiger partial charge on any atom is -0.480 e. The molecule has 0 radical (unpaired) electrons. The summed E-state index contributed by atoms with van der Waals surface area (Å²) in [5, 5.41) is 9.93. The highest BCUT2D eigenvalue weighted by atomic mass is 32.2. The summed E-state index contributed by atoms with van der Waals surface area (Å²) in [6.45, 7) is 4.97. The first-order valence-electron chi connectivity index (χ1n) is 7.41. The van der Waals surface area contributed by atoms with E-state index in [-0.39, 0.29) is 16.5 Å². The average Bonchev–Trinajstić information content (AvgIpc) is 2.84. The van der Waals surface area contributed by atoms with Crippen molar-refractivity contribution in [2.75, 3.05) is 0 Å². The third-order valence-electron chi connectivity index (χ3n) is 3.72. The van der Waals surface area contributed by atoms with E-state index in [2.05, 4.69) is 9.97 Å². The van der Waals surface area contributed by atoms with Crippen LogP contribution in [0.3, 0.4) is 0 Å². The number of nitrogens with one attached hydrogen (secondary N) is 1. The molecule has 0 aliphatic rings. The third-order valence-corrected chi connectivity index (χ3v) is 5.79. The number of aromatic nitrogens is 2. The molecule has 0 bridgehead atoms. The zero-order chi connectivity index (χ0) is 18.4. The Labute approximate surface area is 150 Å². The van der Waals surface area contributed by atoms with Gasteiger partial charge in [-0.05, 0) is 38.5 Å². The molecule has 3 rings (SSSR count). The quantitative estimate of drug-likeness (QED) is 0.528. The van der Waals surface area contributed by atoms with Crippen LogP contribution in [0.1, 0.15) is 18.7 Å². The molecular weight excluding hydrogens is 363 g/mol. The van der Waals surface area contributed by atoms with E-state index >= 15 is 0 Å². The van der Waals surface area contributed by atoms with Gasteiger partial charge in [0.05, 0.1) is 5.39 Å². The van der Waals surface area contributed by atoms with E-state index in [0.29, 0.717) is 10.2 Å². The molecule has 0 saturated carbocycles. The zero-order valence-corrected chi connectivity index (χ0v) is 15.3. The molecular formula is C17H15FN2O3S2. The molecule has 0 fully saturated rings. The van der Waals surface area contributed by atoms with Crippen molar-refractivity contribution in [2.45, 2.75) is 30.7 Å². The second-order valence-corrected chi connectivity index (χ2v) is 8.82. The SMILES string of the molecule is Cc1sc2nc(SC(C)(C)C(=O)O)[nH]c(=O)c2c1-c1ccc(F)cc1. The van der Waals surface area contributed by atoms with E-state index in [9.17, 15) is 19.1 Å². The first-order chi connectivity index (χ1) is 11.7. The lowest BCUT2D eigenvalue weighted by Crippen LogP contribution is -2.27. The number of hydrogen-bond acceptors (Lipinski definition) is 5. The lowest BCUT2D eigenvalue weighted by Gasteiger charge is -2.16. The van der Waals surface area contributed by atoms with Crippen molar-refractivity contribution in [1.82, 2.24) is 9.97 Å². The highest BCUT2D eigenvalue weighted by molar-refractivity contribution is 8.01. The van der Waals surface area contributed by atoms with Crippen LogP contribution in [0.2, 0.25) is 0 Å². The summed E-state index contributed by atoms with van der Waals surface area (Å²) < 4.78 is 12.1. The van der Waals surface area contributed by atoms with Crippen molar-refractivity contribution >= 4 is 39.3 Å². The fourth-order valence-electron chi connectivity index (χ4n) is 2.40. The van der Waals surface area contributed by atoms with E-state index in [1.165, 1.54) is 23.5 Å². The predicted molar refractivity (Wildman–Crippen MR) is 97.9 cm³/mol. The van der Waals surface area contributed by atoms with Gasteiger partial charge in [0.1, 0.15) is 15.4 Å². The van der Waals surface area contributed by atoms with Gasteiger partial charge in [0.2, 0.25) is 0 Å². The Morgan fingerprint density at radius 2 is 1.96 bits per heavy atom. The van der Waals surface area contributed by atoms with Crippen LogP contribution in [-0.2, 0) is 4.79 Å². The number of fused-ring (bicyclic) bond motifs is 1. The molecule has 5 nitrogen and oxygen atoms in total. The molecule has 2 N–H and O–H groups in total. The largest absolute Gasteiger partial charge is 0.480 e. The molecule has 25 heavy (non-hydrogen) atoms. The van der Waals surface area contributed by atoms with Crippen LogP contribution >= 0.6 is 23.1 Å². The smallest absolute Gasteiger partial charge is 0.319 e. The van der Waals surface area contributed by atoms with E-state index in [1.807, 2.05) is 6.92 Å². The van der Waals surface area contributed by atoms with Crippen LogP contribution in [0.15, 0.2) is 34.2 Å². The van der Waals surface area contributed by atoms with Crippen molar-refractivity contribution in [3.05, 3.63) is 45.3 Å². The molecule has 0 aliphatic heterocycles. The van der Waals surface area contributed by atoms with Gasteiger partial charge in [-0.25, -0.2) is 9.37 Å². The highest BCUT2D eigenvalue weighted by Gasteiger charge is 2.30. The number of halogens is 1. The zero-order valence-electron chi connectivity index (χ0n) is 13.7. The average molecular weight is 378 g/mol. The minimum absolute atomic E-state index is 0.261. The molecule has 0 unspecified atom stereocenters. The monoisotopic (exact) mass is 378 g/mol. The van der Waals surface area contributed by atoms with Gasteiger partial charge in [-0.15, -0.1) is 11.3 Å². The molecule has 0 saturated heterocycles. The van der Waals surface area contributed by atoms with E-state index < -0.39 is 10.7 Å². The second kappa shape index (κ2) is 6.27. The number of carboxylic acids is 1. The Hall–Kier alpha value is -2.19. The Morgan fingerprint density at radius 3 is 2.56 bits per heavy atom. The number of carboxylic acid groups (broad SMARTS) is 1. The van der Waals surface area contributed by atoms with Gasteiger partial charge >= 0.3 is 5.97 Å². The summed E-state index contributed by atoms with van der Waals surface area (Å²) >= 11 is 2.34. The Kier molecular flexibility index (Phi) is 4.42. The highest BCUT2D eigenvalue weighted by Crippen LogP contribution is 2.37. The van der Waals surface area contributed by atoms with Crippen LogP contribution < -0.4 is 5.56 Å². The normalized spacial score (nSPS) is 11.8. The van der Waals surface area contributed by atoms with Crippen molar-refractivity contribution in [1.29, 1.82) is 0 Å². The van der Waals surface area contributed by atoms with Crippen LogP contribution in [0.25, 0.3) is 21.3 Å². The van der Waals surface area contributed by atoms with Crippen LogP contribution in [0.5, 0.6) is 0 Å². The van der Waals surface area contributed by atoms with Gasteiger partial charge in [0.15, 0.2) is 5.16 Å². The molecule has 3 aromatic rings. The fourth-order valence-corrected chi connectivity index (χ4v) is 4.35. The van der Waals surface area contributed by atoms with Gasteiger partial charge in [-0.2, -0.15) is 0 Å². The van der Waals surface area contributed by atoms with Crippen LogP contribution in [0.4, 0.5) is 4.39 Å². The maximum atomic E-state index is 13.2. The number of aliphatic carboxylic acids is 1. The Balaban J connectivity index is 2.15. The number of H-pyrrole nitrogens is 1. The Bertz CT molecular complexity index is 1020. The summed E-state index contributed by atoms with van der Waals surface area (Å²) in [7, 11) is 0. The molecule has 1 aromatic carbocycles. The Morgan fingerprint density at radius 1 is 1.32 bits per heavy atom. The number of aromatic amines is 1. The summed E-state index contributed by atoms with van der Waals surface area (Å²) in [5.74, 6) is -1.34. The summed E-state index contributed by atoms with van der Waals surface area (Å²) in [5.41, 5.74) is 1.13. The maximum absolute atomic E-state index is 13.2. The number of nitrogens with zero attached hydrogens (tertiary/aromatic N) is 1. The van der Waals surface area contributed by atoms with Crippen molar-refractivity contribution in [3.63, 3.8) is 0 Å². The fraction of sp³-hybridized carbons (Fsp3) is 0.235. The maximum Gasteiger partial charge on any atom is 0.319 e. The molecule has 0 amide bonds. The van der Waals surface area contributed by atoms with Gasteiger partial charge in [-0.3, -0.25) is 9.59 Å². The first kappa shape index (κ1) is 17.6. The van der Waals surface area contributed by atoms with E-state index in [1.54, 1.807) is 26.0 Å². The third kappa shape index (κ3) is 3.32. The number of carbonyl (C=O) groups is 1. The van der Waals surface area contributed by atoms with Gasteiger partial charge in [-0.1, -0.05) is 23.9 Å². The van der Waals surface area contributed by atoms with Crippen molar-refractivity contribution < 1.29 is 14.3 Å². The molecule has 0 spiro atoms. The molecule has 130 valence electrons. The van der Waals surface area contributed by atoms with Crippen LogP contribution in [-0.4, -0.2) is 25.8 Å².